The average molecular weight is 290 g/mol. The number of aliphatic hydroxyl groups is 1. The number of halogens is 1. The molecular weight excluding hydrogens is 271 g/mol. The Hall–Kier alpha value is -1.82. The Labute approximate surface area is 123 Å². The highest BCUT2D eigenvalue weighted by atomic mass is 19.1. The van der Waals surface area contributed by atoms with Crippen molar-refractivity contribution in [3.05, 3.63) is 54.1 Å². The van der Waals surface area contributed by atoms with Gasteiger partial charge in [-0.15, -0.1) is 0 Å². The fraction of sp³-hybridized carbons (Fsp3) is 0.312. The van der Waals surface area contributed by atoms with Gasteiger partial charge in [0.2, 0.25) is 0 Å². The zero-order valence-electron chi connectivity index (χ0n) is 11.9. The number of aromatic nitrogens is 1. The molecule has 1 atom stereocenters. The summed E-state index contributed by atoms with van der Waals surface area (Å²) in [6, 6.07) is 8.82. The highest BCUT2D eigenvalue weighted by Crippen LogP contribution is 2.21. The number of benzene rings is 1. The van der Waals surface area contributed by atoms with E-state index in [0.29, 0.717) is 18.7 Å². The quantitative estimate of drug-likeness (QED) is 0.819. The van der Waals surface area contributed by atoms with Crippen LogP contribution in [0, 0.1) is 5.82 Å². The van der Waals surface area contributed by atoms with Crippen LogP contribution in [0.25, 0.3) is 11.1 Å². The summed E-state index contributed by atoms with van der Waals surface area (Å²) in [5.74, 6) is -0.266. The van der Waals surface area contributed by atoms with Crippen LogP contribution in [-0.2, 0) is 11.3 Å². The standard InChI is InChI=1S/C16H19FN2O2/c1-21-11-15(20)10-19-9-14-3-2-13(8-16(14)17)12-4-6-18-7-5-12/h2-8,15,19-20H,9-11H2,1H3. The average Bonchev–Trinajstić information content (AvgIpc) is 2.50. The maximum Gasteiger partial charge on any atom is 0.128 e. The largest absolute Gasteiger partial charge is 0.389 e. The number of ether oxygens (including phenoxy) is 1. The van der Waals surface area contributed by atoms with Crippen LogP contribution in [0.1, 0.15) is 5.56 Å². The second kappa shape index (κ2) is 7.83. The second-order valence-corrected chi connectivity index (χ2v) is 4.78. The van der Waals surface area contributed by atoms with Crippen molar-refractivity contribution in [1.29, 1.82) is 0 Å². The van der Waals surface area contributed by atoms with Gasteiger partial charge in [0.15, 0.2) is 0 Å². The number of rotatable bonds is 7. The lowest BCUT2D eigenvalue weighted by molar-refractivity contribution is 0.0643. The normalized spacial score (nSPS) is 12.3. The summed E-state index contributed by atoms with van der Waals surface area (Å²) in [7, 11) is 1.53. The van der Waals surface area contributed by atoms with Crippen molar-refractivity contribution >= 4 is 0 Å². The summed E-state index contributed by atoms with van der Waals surface area (Å²) in [6.07, 6.45) is 2.77. The summed E-state index contributed by atoms with van der Waals surface area (Å²) in [4.78, 5) is 3.95. The van der Waals surface area contributed by atoms with Gasteiger partial charge in [0.1, 0.15) is 5.82 Å². The van der Waals surface area contributed by atoms with Crippen LogP contribution < -0.4 is 5.32 Å². The van der Waals surface area contributed by atoms with E-state index in [4.69, 9.17) is 4.74 Å². The Kier molecular flexibility index (Phi) is 5.80. The number of pyridine rings is 1. The van der Waals surface area contributed by atoms with Crippen LogP contribution in [0.2, 0.25) is 0 Å². The van der Waals surface area contributed by atoms with Gasteiger partial charge in [0.25, 0.3) is 0 Å². The summed E-state index contributed by atoms with van der Waals surface area (Å²) in [5, 5.41) is 12.5. The predicted octanol–water partition coefficient (Wildman–Crippen LogP) is 1.98. The lowest BCUT2D eigenvalue weighted by Crippen LogP contribution is -2.29. The molecule has 2 rings (SSSR count). The van der Waals surface area contributed by atoms with Crippen LogP contribution in [0.15, 0.2) is 42.7 Å². The van der Waals surface area contributed by atoms with Gasteiger partial charge >= 0.3 is 0 Å². The van der Waals surface area contributed by atoms with Gasteiger partial charge < -0.3 is 15.2 Å². The van der Waals surface area contributed by atoms with Gasteiger partial charge in [0.05, 0.1) is 12.7 Å². The minimum Gasteiger partial charge on any atom is -0.389 e. The molecule has 0 aliphatic carbocycles. The first-order valence-electron chi connectivity index (χ1n) is 6.77. The van der Waals surface area contributed by atoms with Crippen molar-refractivity contribution in [2.24, 2.45) is 0 Å². The SMILES string of the molecule is COCC(O)CNCc1ccc(-c2ccncc2)cc1F. The van der Waals surface area contributed by atoms with Gasteiger partial charge in [-0.25, -0.2) is 4.39 Å². The molecule has 1 aromatic carbocycles. The van der Waals surface area contributed by atoms with E-state index in [-0.39, 0.29) is 12.4 Å². The van der Waals surface area contributed by atoms with Crippen molar-refractivity contribution < 1.29 is 14.2 Å². The Bertz CT molecular complexity index is 563. The third-order valence-corrected chi connectivity index (χ3v) is 3.12. The molecule has 0 aliphatic rings. The van der Waals surface area contributed by atoms with E-state index in [2.05, 4.69) is 10.3 Å². The molecule has 0 aliphatic heterocycles. The predicted molar refractivity (Wildman–Crippen MR) is 79.2 cm³/mol. The number of methoxy groups -OCH3 is 1. The first-order valence-corrected chi connectivity index (χ1v) is 6.77. The van der Waals surface area contributed by atoms with E-state index < -0.39 is 6.10 Å². The minimum absolute atomic E-state index is 0.260. The van der Waals surface area contributed by atoms with Crippen LogP contribution in [0.3, 0.4) is 0 Å². The van der Waals surface area contributed by atoms with Gasteiger partial charge in [0, 0.05) is 38.2 Å². The number of nitrogens with zero attached hydrogens (tertiary/aromatic N) is 1. The van der Waals surface area contributed by atoms with Crippen molar-refractivity contribution in [3.8, 4) is 11.1 Å². The minimum atomic E-state index is -0.589. The fourth-order valence-electron chi connectivity index (χ4n) is 2.04. The molecule has 0 saturated heterocycles. The van der Waals surface area contributed by atoms with Crippen LogP contribution in [0.4, 0.5) is 4.39 Å². The van der Waals surface area contributed by atoms with Gasteiger partial charge in [-0.1, -0.05) is 12.1 Å². The Balaban J connectivity index is 1.97. The molecule has 1 unspecified atom stereocenters. The molecule has 0 bridgehead atoms. The third kappa shape index (κ3) is 4.60. The molecule has 2 N–H and O–H groups in total. The molecule has 0 radical (unpaired) electrons. The summed E-state index contributed by atoms with van der Waals surface area (Å²) in [5.41, 5.74) is 2.31. The topological polar surface area (TPSA) is 54.4 Å². The number of nitrogens with one attached hydrogen (secondary N) is 1. The number of hydrogen-bond acceptors (Lipinski definition) is 4. The van der Waals surface area contributed by atoms with Gasteiger partial charge in [-0.05, 0) is 29.3 Å². The molecule has 21 heavy (non-hydrogen) atoms. The molecule has 0 saturated carbocycles. The molecule has 112 valence electrons. The maximum atomic E-state index is 14.1. The zero-order chi connectivity index (χ0) is 15.1. The van der Waals surface area contributed by atoms with E-state index in [1.807, 2.05) is 18.2 Å². The van der Waals surface area contributed by atoms with Crippen molar-refractivity contribution in [2.45, 2.75) is 12.6 Å². The molecule has 1 heterocycles. The lowest BCUT2D eigenvalue weighted by Gasteiger charge is -2.11. The smallest absolute Gasteiger partial charge is 0.128 e. The molecule has 0 amide bonds. The highest BCUT2D eigenvalue weighted by molar-refractivity contribution is 5.63. The monoisotopic (exact) mass is 290 g/mol. The van der Waals surface area contributed by atoms with E-state index in [0.717, 1.165) is 11.1 Å². The lowest BCUT2D eigenvalue weighted by atomic mass is 10.0. The first kappa shape index (κ1) is 15.6. The van der Waals surface area contributed by atoms with Gasteiger partial charge in [-0.2, -0.15) is 0 Å². The maximum absolute atomic E-state index is 14.1. The molecule has 1 aromatic heterocycles. The van der Waals surface area contributed by atoms with E-state index in [9.17, 15) is 9.50 Å². The van der Waals surface area contributed by atoms with Crippen molar-refractivity contribution in [2.75, 3.05) is 20.3 Å². The van der Waals surface area contributed by atoms with Crippen LogP contribution in [-0.4, -0.2) is 36.5 Å². The Morgan fingerprint density at radius 1 is 1.24 bits per heavy atom. The van der Waals surface area contributed by atoms with E-state index in [1.165, 1.54) is 13.2 Å². The molecular formula is C16H19FN2O2. The Morgan fingerprint density at radius 2 is 2.00 bits per heavy atom. The fourth-order valence-corrected chi connectivity index (χ4v) is 2.04. The van der Waals surface area contributed by atoms with Gasteiger partial charge in [-0.3, -0.25) is 4.98 Å². The summed E-state index contributed by atoms with van der Waals surface area (Å²) < 4.78 is 18.9. The van der Waals surface area contributed by atoms with E-state index in [1.54, 1.807) is 18.5 Å². The number of aliphatic hydroxyl groups excluding tert-OH is 1. The summed E-state index contributed by atoms with van der Waals surface area (Å²) >= 11 is 0. The van der Waals surface area contributed by atoms with Crippen LogP contribution in [0.5, 0.6) is 0 Å². The zero-order valence-corrected chi connectivity index (χ0v) is 11.9. The molecule has 4 nitrogen and oxygen atoms in total. The van der Waals surface area contributed by atoms with Crippen molar-refractivity contribution in [1.82, 2.24) is 10.3 Å². The van der Waals surface area contributed by atoms with E-state index >= 15 is 0 Å². The molecule has 5 heteroatoms. The summed E-state index contributed by atoms with van der Waals surface area (Å²) in [6.45, 7) is 0.985. The molecule has 0 spiro atoms. The van der Waals surface area contributed by atoms with Crippen LogP contribution >= 0.6 is 0 Å². The second-order valence-electron chi connectivity index (χ2n) is 4.78. The number of hydrogen-bond donors (Lipinski definition) is 2. The molecule has 0 fully saturated rings. The Morgan fingerprint density at radius 3 is 2.67 bits per heavy atom. The third-order valence-electron chi connectivity index (χ3n) is 3.12. The first-order chi connectivity index (χ1) is 10.2. The highest BCUT2D eigenvalue weighted by Gasteiger charge is 2.07. The molecule has 2 aromatic rings. The van der Waals surface area contributed by atoms with Crippen molar-refractivity contribution in [3.63, 3.8) is 0 Å².